The highest BCUT2D eigenvalue weighted by Gasteiger charge is 2.22. The zero-order valence-electron chi connectivity index (χ0n) is 16.2. The van der Waals surface area contributed by atoms with Crippen LogP contribution in [0, 0.1) is 5.82 Å². The Kier molecular flexibility index (Phi) is 5.64. The highest BCUT2D eigenvalue weighted by atomic mass is 79.9. The first-order valence-electron chi connectivity index (χ1n) is 9.75. The summed E-state index contributed by atoms with van der Waals surface area (Å²) in [4.78, 5) is 11.6. The lowest BCUT2D eigenvalue weighted by atomic mass is 10.2. The lowest BCUT2D eigenvalue weighted by molar-refractivity contribution is 0.140. The van der Waals surface area contributed by atoms with Gasteiger partial charge in [-0.2, -0.15) is 0 Å². The molecule has 7 heteroatoms. The van der Waals surface area contributed by atoms with Crippen molar-refractivity contribution in [3.8, 4) is 11.4 Å². The van der Waals surface area contributed by atoms with Gasteiger partial charge in [0.2, 0.25) is 0 Å². The second-order valence-electron chi connectivity index (χ2n) is 7.10. The van der Waals surface area contributed by atoms with Gasteiger partial charge in [0, 0.05) is 37.5 Å². The van der Waals surface area contributed by atoms with Crippen LogP contribution in [0.2, 0.25) is 0 Å². The standard InChI is InChI=1S/C21H24BrFN4O/c1-3-28-12-11-27-17-8-7-16(22)19(23)20(17)25-21(27)15-6-9-18(24-13-15)26-10-4-5-14(26)2/h6-9,13-14H,3-5,10-12H2,1-2H3. The molecular formula is C21H24BrFN4O. The Balaban J connectivity index is 1.74. The molecule has 0 radical (unpaired) electrons. The second kappa shape index (κ2) is 8.17. The van der Waals surface area contributed by atoms with E-state index in [4.69, 9.17) is 4.74 Å². The average molecular weight is 447 g/mol. The Bertz CT molecular complexity index is 973. The van der Waals surface area contributed by atoms with Gasteiger partial charge in [-0.3, -0.25) is 0 Å². The smallest absolute Gasteiger partial charge is 0.165 e. The molecule has 0 spiro atoms. The van der Waals surface area contributed by atoms with Crippen LogP contribution in [0.3, 0.4) is 0 Å². The molecule has 0 N–H and O–H groups in total. The summed E-state index contributed by atoms with van der Waals surface area (Å²) in [6, 6.07) is 8.18. The van der Waals surface area contributed by atoms with Crippen molar-refractivity contribution < 1.29 is 9.13 Å². The topological polar surface area (TPSA) is 43.2 Å². The zero-order chi connectivity index (χ0) is 19.7. The summed E-state index contributed by atoms with van der Waals surface area (Å²) < 4.78 is 22.6. The van der Waals surface area contributed by atoms with E-state index in [1.807, 2.05) is 35.9 Å². The van der Waals surface area contributed by atoms with Crippen LogP contribution in [0.1, 0.15) is 26.7 Å². The van der Waals surface area contributed by atoms with E-state index in [1.54, 1.807) is 6.07 Å². The van der Waals surface area contributed by atoms with Crippen molar-refractivity contribution >= 4 is 32.8 Å². The van der Waals surface area contributed by atoms with E-state index in [1.165, 1.54) is 12.8 Å². The van der Waals surface area contributed by atoms with E-state index in [2.05, 4.69) is 37.7 Å². The van der Waals surface area contributed by atoms with Gasteiger partial charge in [-0.25, -0.2) is 14.4 Å². The molecule has 0 amide bonds. The monoisotopic (exact) mass is 446 g/mol. The van der Waals surface area contributed by atoms with Crippen LogP contribution in [0.25, 0.3) is 22.4 Å². The maximum atomic E-state index is 14.6. The molecule has 2 aromatic heterocycles. The molecule has 1 saturated heterocycles. The molecule has 1 fully saturated rings. The summed E-state index contributed by atoms with van der Waals surface area (Å²) in [5.41, 5.74) is 1.99. The Labute approximate surface area is 172 Å². The number of nitrogens with zero attached hydrogens (tertiary/aromatic N) is 4. The van der Waals surface area contributed by atoms with Gasteiger partial charge >= 0.3 is 0 Å². The first kappa shape index (κ1) is 19.3. The van der Waals surface area contributed by atoms with Gasteiger partial charge in [-0.05, 0) is 66.9 Å². The molecule has 1 aliphatic rings. The Morgan fingerprint density at radius 2 is 2.14 bits per heavy atom. The van der Waals surface area contributed by atoms with E-state index < -0.39 is 0 Å². The number of anilines is 1. The summed E-state index contributed by atoms with van der Waals surface area (Å²) in [5.74, 6) is 1.35. The maximum Gasteiger partial charge on any atom is 0.165 e. The number of rotatable bonds is 6. The molecule has 0 aliphatic carbocycles. The molecular weight excluding hydrogens is 423 g/mol. The van der Waals surface area contributed by atoms with E-state index in [0.717, 1.165) is 23.4 Å². The molecule has 1 unspecified atom stereocenters. The average Bonchev–Trinajstić information content (AvgIpc) is 3.29. The maximum absolute atomic E-state index is 14.6. The van der Waals surface area contributed by atoms with E-state index in [9.17, 15) is 4.39 Å². The Morgan fingerprint density at radius 3 is 2.82 bits per heavy atom. The third-order valence-corrected chi connectivity index (χ3v) is 5.94. The summed E-state index contributed by atoms with van der Waals surface area (Å²) >= 11 is 3.26. The molecule has 28 heavy (non-hydrogen) atoms. The number of ether oxygens (including phenoxy) is 1. The lowest BCUT2D eigenvalue weighted by Crippen LogP contribution is -2.26. The van der Waals surface area contributed by atoms with E-state index in [-0.39, 0.29) is 5.82 Å². The predicted molar refractivity (Wildman–Crippen MR) is 113 cm³/mol. The third-order valence-electron chi connectivity index (χ3n) is 5.33. The van der Waals surface area contributed by atoms with Crippen molar-refractivity contribution in [1.29, 1.82) is 0 Å². The quantitative estimate of drug-likeness (QED) is 0.498. The molecule has 0 saturated carbocycles. The van der Waals surface area contributed by atoms with Gasteiger partial charge in [0.1, 0.15) is 17.2 Å². The van der Waals surface area contributed by atoms with Crippen LogP contribution in [0.5, 0.6) is 0 Å². The highest BCUT2D eigenvalue weighted by molar-refractivity contribution is 9.10. The van der Waals surface area contributed by atoms with Crippen molar-refractivity contribution in [2.75, 3.05) is 24.7 Å². The van der Waals surface area contributed by atoms with E-state index >= 15 is 0 Å². The molecule has 0 bridgehead atoms. The summed E-state index contributed by atoms with van der Waals surface area (Å²) in [6.45, 7) is 7.03. The second-order valence-corrected chi connectivity index (χ2v) is 7.96. The number of imidazole rings is 1. The van der Waals surface area contributed by atoms with Crippen molar-refractivity contribution in [3.63, 3.8) is 0 Å². The van der Waals surface area contributed by atoms with Crippen LogP contribution in [0.4, 0.5) is 10.2 Å². The van der Waals surface area contributed by atoms with Crippen LogP contribution < -0.4 is 4.90 Å². The molecule has 1 aromatic carbocycles. The predicted octanol–water partition coefficient (Wildman–Crippen LogP) is 5.03. The summed E-state index contributed by atoms with van der Waals surface area (Å²) in [5, 5.41) is 0. The van der Waals surface area contributed by atoms with Gasteiger partial charge < -0.3 is 14.2 Å². The molecule has 3 aromatic rings. The number of fused-ring (bicyclic) bond motifs is 1. The molecule has 1 atom stereocenters. The lowest BCUT2D eigenvalue weighted by Gasteiger charge is -2.22. The van der Waals surface area contributed by atoms with Gasteiger partial charge in [0.15, 0.2) is 5.82 Å². The minimum Gasteiger partial charge on any atom is -0.380 e. The zero-order valence-corrected chi connectivity index (χ0v) is 17.7. The molecule has 5 nitrogen and oxygen atoms in total. The van der Waals surface area contributed by atoms with E-state index in [0.29, 0.717) is 41.6 Å². The SMILES string of the molecule is CCOCCn1c(-c2ccc(N3CCCC3C)nc2)nc2c(F)c(Br)ccc21. The fourth-order valence-electron chi connectivity index (χ4n) is 3.84. The number of pyridine rings is 1. The molecule has 1 aliphatic heterocycles. The minimum atomic E-state index is -0.343. The highest BCUT2D eigenvalue weighted by Crippen LogP contribution is 2.31. The first-order valence-corrected chi connectivity index (χ1v) is 10.5. The number of halogens is 2. The van der Waals surface area contributed by atoms with Crippen molar-refractivity contribution in [2.45, 2.75) is 39.3 Å². The summed E-state index contributed by atoms with van der Waals surface area (Å²) in [7, 11) is 0. The van der Waals surface area contributed by atoms with Gasteiger partial charge in [-0.1, -0.05) is 0 Å². The van der Waals surface area contributed by atoms with Crippen LogP contribution in [-0.2, 0) is 11.3 Å². The van der Waals surface area contributed by atoms with Gasteiger partial charge in [-0.15, -0.1) is 0 Å². The fourth-order valence-corrected chi connectivity index (χ4v) is 4.16. The Morgan fingerprint density at radius 1 is 1.29 bits per heavy atom. The van der Waals surface area contributed by atoms with Gasteiger partial charge in [0.25, 0.3) is 0 Å². The van der Waals surface area contributed by atoms with Crippen LogP contribution >= 0.6 is 15.9 Å². The number of aromatic nitrogens is 3. The number of hydrogen-bond acceptors (Lipinski definition) is 4. The summed E-state index contributed by atoms with van der Waals surface area (Å²) in [6.07, 6.45) is 4.24. The minimum absolute atomic E-state index is 0.343. The van der Waals surface area contributed by atoms with Crippen LogP contribution in [0.15, 0.2) is 34.9 Å². The molecule has 3 heterocycles. The third kappa shape index (κ3) is 3.53. The fraction of sp³-hybridized carbons (Fsp3) is 0.429. The molecule has 148 valence electrons. The number of hydrogen-bond donors (Lipinski definition) is 0. The van der Waals surface area contributed by atoms with Gasteiger partial charge in [0.05, 0.1) is 16.6 Å². The van der Waals surface area contributed by atoms with Crippen LogP contribution in [-0.4, -0.2) is 40.3 Å². The normalized spacial score (nSPS) is 17.0. The van der Waals surface area contributed by atoms with Crippen molar-refractivity contribution in [3.05, 3.63) is 40.8 Å². The van der Waals surface area contributed by atoms with Crippen molar-refractivity contribution in [2.24, 2.45) is 0 Å². The Hall–Kier alpha value is -1.99. The largest absolute Gasteiger partial charge is 0.380 e. The molecule has 4 rings (SSSR count). The first-order chi connectivity index (χ1) is 13.6. The number of benzene rings is 1. The van der Waals surface area contributed by atoms with Crippen molar-refractivity contribution in [1.82, 2.24) is 14.5 Å².